The van der Waals surface area contributed by atoms with Crippen molar-refractivity contribution < 1.29 is 4.79 Å². The van der Waals surface area contributed by atoms with Gasteiger partial charge in [0.25, 0.3) is 5.91 Å². The molecule has 0 saturated carbocycles. The number of anilines is 3. The number of nitrogen functional groups attached to an aromatic ring is 2. The van der Waals surface area contributed by atoms with E-state index in [4.69, 9.17) is 11.5 Å². The Hall–Kier alpha value is -2.49. The summed E-state index contributed by atoms with van der Waals surface area (Å²) in [5.74, 6) is -0.231. The van der Waals surface area contributed by atoms with Gasteiger partial charge in [-0.05, 0) is 42.3 Å². The van der Waals surface area contributed by atoms with E-state index in [-0.39, 0.29) is 5.91 Å². The fraction of sp³-hybridized carbons (Fsp3) is 0.188. The zero-order valence-corrected chi connectivity index (χ0v) is 11.5. The van der Waals surface area contributed by atoms with Crippen LogP contribution < -0.4 is 16.8 Å². The molecular formula is C16H19N3O. The van der Waals surface area contributed by atoms with Crippen molar-refractivity contribution in [2.75, 3.05) is 16.8 Å². The normalized spacial score (nSPS) is 10.2. The van der Waals surface area contributed by atoms with Crippen LogP contribution in [0.25, 0.3) is 0 Å². The second-order valence-corrected chi connectivity index (χ2v) is 4.75. The third kappa shape index (κ3) is 3.29. The molecule has 0 bridgehead atoms. The zero-order valence-electron chi connectivity index (χ0n) is 11.5. The molecule has 0 spiro atoms. The topological polar surface area (TPSA) is 81.1 Å². The van der Waals surface area contributed by atoms with Crippen molar-refractivity contribution in [1.82, 2.24) is 0 Å². The van der Waals surface area contributed by atoms with Crippen molar-refractivity contribution in [2.45, 2.75) is 19.8 Å². The number of amides is 1. The summed E-state index contributed by atoms with van der Waals surface area (Å²) >= 11 is 0. The number of nitrogens with two attached hydrogens (primary N) is 2. The van der Waals surface area contributed by atoms with Crippen LogP contribution in [-0.4, -0.2) is 5.91 Å². The van der Waals surface area contributed by atoms with Crippen LogP contribution in [0, 0.1) is 0 Å². The molecule has 0 aliphatic carbocycles. The van der Waals surface area contributed by atoms with Crippen molar-refractivity contribution in [3.8, 4) is 0 Å². The number of hydrogen-bond donors (Lipinski definition) is 3. The molecule has 0 aliphatic heterocycles. The van der Waals surface area contributed by atoms with Gasteiger partial charge in [-0.25, -0.2) is 0 Å². The van der Waals surface area contributed by atoms with Gasteiger partial charge in [-0.15, -0.1) is 0 Å². The monoisotopic (exact) mass is 269 g/mol. The first-order chi connectivity index (χ1) is 9.60. The molecule has 4 nitrogen and oxygen atoms in total. The average Bonchev–Trinajstić information content (AvgIpc) is 2.41. The summed E-state index contributed by atoms with van der Waals surface area (Å²) in [6.07, 6.45) is 2.15. The van der Waals surface area contributed by atoms with Gasteiger partial charge < -0.3 is 16.8 Å². The molecule has 0 radical (unpaired) electrons. The van der Waals surface area contributed by atoms with E-state index in [1.165, 1.54) is 5.56 Å². The fourth-order valence-electron chi connectivity index (χ4n) is 2.03. The summed E-state index contributed by atoms with van der Waals surface area (Å²) in [4.78, 5) is 12.1. The first-order valence-corrected chi connectivity index (χ1v) is 6.65. The molecular weight excluding hydrogens is 250 g/mol. The molecule has 0 aliphatic rings. The Labute approximate surface area is 118 Å². The van der Waals surface area contributed by atoms with Crippen molar-refractivity contribution in [3.05, 3.63) is 53.6 Å². The third-order valence-electron chi connectivity index (χ3n) is 3.07. The minimum atomic E-state index is -0.231. The van der Waals surface area contributed by atoms with Crippen LogP contribution in [0.2, 0.25) is 0 Å². The Morgan fingerprint density at radius 1 is 1.10 bits per heavy atom. The summed E-state index contributed by atoms with van der Waals surface area (Å²) in [6, 6.07) is 12.7. The van der Waals surface area contributed by atoms with Gasteiger partial charge in [-0.1, -0.05) is 25.5 Å². The molecule has 0 heterocycles. The lowest BCUT2D eigenvalue weighted by atomic mass is 10.1. The molecule has 104 valence electrons. The first-order valence-electron chi connectivity index (χ1n) is 6.65. The Bertz CT molecular complexity index is 606. The molecule has 20 heavy (non-hydrogen) atoms. The van der Waals surface area contributed by atoms with Crippen LogP contribution in [-0.2, 0) is 6.42 Å². The fourth-order valence-corrected chi connectivity index (χ4v) is 2.03. The third-order valence-corrected chi connectivity index (χ3v) is 3.07. The molecule has 0 aromatic heterocycles. The van der Waals surface area contributed by atoms with Gasteiger partial charge >= 0.3 is 0 Å². The summed E-state index contributed by atoms with van der Waals surface area (Å²) in [5.41, 5.74) is 14.8. The molecule has 0 saturated heterocycles. The highest BCUT2D eigenvalue weighted by molar-refractivity contribution is 6.08. The van der Waals surface area contributed by atoms with Crippen molar-refractivity contribution in [1.29, 1.82) is 0 Å². The van der Waals surface area contributed by atoms with Gasteiger partial charge in [0, 0.05) is 17.1 Å². The predicted molar refractivity (Wildman–Crippen MR) is 83.7 cm³/mol. The number of benzene rings is 2. The predicted octanol–water partition coefficient (Wildman–Crippen LogP) is 3.06. The Balaban J connectivity index is 2.11. The van der Waals surface area contributed by atoms with E-state index in [1.807, 2.05) is 24.3 Å². The van der Waals surface area contributed by atoms with Gasteiger partial charge in [0.1, 0.15) is 0 Å². The largest absolute Gasteiger partial charge is 0.399 e. The van der Waals surface area contributed by atoms with Crippen LogP contribution in [0.5, 0.6) is 0 Å². The van der Waals surface area contributed by atoms with Gasteiger partial charge in [0.05, 0.1) is 5.56 Å². The van der Waals surface area contributed by atoms with Crippen LogP contribution >= 0.6 is 0 Å². The number of hydrogen-bond acceptors (Lipinski definition) is 3. The summed E-state index contributed by atoms with van der Waals surface area (Å²) in [7, 11) is 0. The molecule has 0 unspecified atom stereocenters. The lowest BCUT2D eigenvalue weighted by Crippen LogP contribution is -2.14. The van der Waals surface area contributed by atoms with Gasteiger partial charge in [0.15, 0.2) is 0 Å². The second kappa shape index (κ2) is 6.10. The maximum absolute atomic E-state index is 12.1. The van der Waals surface area contributed by atoms with E-state index in [2.05, 4.69) is 12.2 Å². The Morgan fingerprint density at radius 3 is 2.40 bits per heavy atom. The molecule has 2 aromatic rings. The minimum Gasteiger partial charge on any atom is -0.399 e. The van der Waals surface area contributed by atoms with E-state index in [9.17, 15) is 4.79 Å². The smallest absolute Gasteiger partial charge is 0.257 e. The average molecular weight is 269 g/mol. The summed E-state index contributed by atoms with van der Waals surface area (Å²) < 4.78 is 0. The quantitative estimate of drug-likeness (QED) is 0.746. The second-order valence-electron chi connectivity index (χ2n) is 4.75. The van der Waals surface area contributed by atoms with E-state index >= 15 is 0 Å². The molecule has 2 rings (SSSR count). The SMILES string of the molecule is CCCc1ccc(NC(=O)c2ccc(N)cc2N)cc1. The number of carbonyl (C=O) groups excluding carboxylic acids is 1. The first kappa shape index (κ1) is 13.9. The number of rotatable bonds is 4. The molecule has 0 atom stereocenters. The minimum absolute atomic E-state index is 0.231. The van der Waals surface area contributed by atoms with Crippen molar-refractivity contribution in [2.24, 2.45) is 0 Å². The molecule has 2 aromatic carbocycles. The molecule has 5 N–H and O–H groups in total. The van der Waals surface area contributed by atoms with Crippen molar-refractivity contribution >= 4 is 23.0 Å². The van der Waals surface area contributed by atoms with Gasteiger partial charge in [-0.3, -0.25) is 4.79 Å². The number of nitrogens with one attached hydrogen (secondary N) is 1. The molecule has 1 amide bonds. The van der Waals surface area contributed by atoms with Gasteiger partial charge in [-0.2, -0.15) is 0 Å². The lowest BCUT2D eigenvalue weighted by molar-refractivity contribution is 0.102. The zero-order chi connectivity index (χ0) is 14.5. The van der Waals surface area contributed by atoms with Crippen LogP contribution in [0.3, 0.4) is 0 Å². The maximum atomic E-state index is 12.1. The molecule has 0 fully saturated rings. The Morgan fingerprint density at radius 2 is 1.80 bits per heavy atom. The highest BCUT2D eigenvalue weighted by Gasteiger charge is 2.10. The van der Waals surface area contributed by atoms with Crippen LogP contribution in [0.4, 0.5) is 17.1 Å². The number of aryl methyl sites for hydroxylation is 1. The van der Waals surface area contributed by atoms with E-state index in [1.54, 1.807) is 18.2 Å². The summed E-state index contributed by atoms with van der Waals surface area (Å²) in [6.45, 7) is 2.14. The van der Waals surface area contributed by atoms with Gasteiger partial charge in [0.2, 0.25) is 0 Å². The lowest BCUT2D eigenvalue weighted by Gasteiger charge is -2.09. The standard InChI is InChI=1S/C16H19N3O/c1-2-3-11-4-7-13(8-5-11)19-16(20)14-9-6-12(17)10-15(14)18/h4-10H,2-3,17-18H2,1H3,(H,19,20). The molecule has 4 heteroatoms. The highest BCUT2D eigenvalue weighted by Crippen LogP contribution is 2.18. The van der Waals surface area contributed by atoms with E-state index in [0.717, 1.165) is 18.5 Å². The Kier molecular flexibility index (Phi) is 4.25. The highest BCUT2D eigenvalue weighted by atomic mass is 16.1. The van der Waals surface area contributed by atoms with Crippen LogP contribution in [0.1, 0.15) is 29.3 Å². The van der Waals surface area contributed by atoms with Crippen LogP contribution in [0.15, 0.2) is 42.5 Å². The maximum Gasteiger partial charge on any atom is 0.257 e. The summed E-state index contributed by atoms with van der Waals surface area (Å²) in [5, 5.41) is 2.83. The van der Waals surface area contributed by atoms with Crippen molar-refractivity contribution in [3.63, 3.8) is 0 Å². The number of carbonyl (C=O) groups is 1. The van der Waals surface area contributed by atoms with E-state index in [0.29, 0.717) is 16.9 Å². The van der Waals surface area contributed by atoms with E-state index < -0.39 is 0 Å².